The molecule has 140 valence electrons. The normalized spacial score (nSPS) is 17.8. The summed E-state index contributed by atoms with van der Waals surface area (Å²) in [6.07, 6.45) is 2.38. The van der Waals surface area contributed by atoms with E-state index in [-0.39, 0.29) is 5.75 Å². The zero-order chi connectivity index (χ0) is 18.4. The minimum atomic E-state index is 0.179. The number of phenols is 1. The second-order valence-electron chi connectivity index (χ2n) is 6.81. The third-order valence-electron chi connectivity index (χ3n) is 4.88. The van der Waals surface area contributed by atoms with Crippen molar-refractivity contribution in [1.82, 2.24) is 10.2 Å². The number of nitrogens with zero attached hydrogens (tertiary/aromatic N) is 1. The van der Waals surface area contributed by atoms with Crippen molar-refractivity contribution < 1.29 is 14.6 Å². The highest BCUT2D eigenvalue weighted by Gasteiger charge is 2.19. The molecule has 1 aliphatic heterocycles. The van der Waals surface area contributed by atoms with Crippen molar-refractivity contribution in [3.8, 4) is 17.2 Å². The highest BCUT2D eigenvalue weighted by Crippen LogP contribution is 2.26. The predicted octanol–water partition coefficient (Wildman–Crippen LogP) is 3.16. The first-order valence-corrected chi connectivity index (χ1v) is 9.12. The van der Waals surface area contributed by atoms with E-state index in [9.17, 15) is 5.11 Å². The Kier molecular flexibility index (Phi) is 6.36. The van der Waals surface area contributed by atoms with Crippen LogP contribution in [0, 0.1) is 0 Å². The Balaban J connectivity index is 1.53. The molecule has 2 aromatic rings. The fourth-order valence-electron chi connectivity index (χ4n) is 3.49. The van der Waals surface area contributed by atoms with Crippen LogP contribution in [0.4, 0.5) is 0 Å². The fourth-order valence-corrected chi connectivity index (χ4v) is 3.49. The zero-order valence-electron chi connectivity index (χ0n) is 15.6. The topological polar surface area (TPSA) is 54.0 Å². The Labute approximate surface area is 155 Å². The van der Waals surface area contributed by atoms with Crippen LogP contribution in [-0.4, -0.2) is 43.4 Å². The second kappa shape index (κ2) is 8.92. The minimum absolute atomic E-state index is 0.179. The molecule has 2 N–H and O–H groups in total. The first kappa shape index (κ1) is 18.5. The van der Waals surface area contributed by atoms with Crippen LogP contribution < -0.4 is 14.8 Å². The molecule has 1 aliphatic rings. The molecular weight excluding hydrogens is 328 g/mol. The van der Waals surface area contributed by atoms with E-state index >= 15 is 0 Å². The van der Waals surface area contributed by atoms with Gasteiger partial charge in [0.1, 0.15) is 5.75 Å². The molecule has 2 aromatic carbocycles. The van der Waals surface area contributed by atoms with E-state index in [0.29, 0.717) is 11.8 Å². The molecule has 1 unspecified atom stereocenters. The molecule has 0 aromatic heterocycles. The molecular formula is C21H28N2O3. The summed E-state index contributed by atoms with van der Waals surface area (Å²) < 4.78 is 10.5. The number of hydrogen-bond acceptors (Lipinski definition) is 5. The van der Waals surface area contributed by atoms with Crippen LogP contribution >= 0.6 is 0 Å². The lowest BCUT2D eigenvalue weighted by Crippen LogP contribution is -2.45. The number of benzene rings is 2. The first-order valence-electron chi connectivity index (χ1n) is 9.12. The van der Waals surface area contributed by atoms with Crippen LogP contribution in [0.15, 0.2) is 42.5 Å². The van der Waals surface area contributed by atoms with E-state index in [1.807, 2.05) is 24.3 Å². The molecule has 0 radical (unpaired) electrons. The molecule has 0 saturated carbocycles. The number of phenolic OH excluding ortho intramolecular Hbond substituents is 1. The van der Waals surface area contributed by atoms with Crippen molar-refractivity contribution in [1.29, 1.82) is 0 Å². The van der Waals surface area contributed by atoms with Gasteiger partial charge in [-0.1, -0.05) is 18.2 Å². The van der Waals surface area contributed by atoms with Crippen molar-refractivity contribution in [2.24, 2.45) is 0 Å². The predicted molar refractivity (Wildman–Crippen MR) is 103 cm³/mol. The number of piperidine rings is 1. The van der Waals surface area contributed by atoms with E-state index in [0.717, 1.165) is 37.5 Å². The number of aromatic hydroxyl groups is 1. The summed E-state index contributed by atoms with van der Waals surface area (Å²) in [5.41, 5.74) is 2.40. The monoisotopic (exact) mass is 356 g/mol. The number of ether oxygens (including phenoxy) is 2. The van der Waals surface area contributed by atoms with Gasteiger partial charge >= 0.3 is 0 Å². The van der Waals surface area contributed by atoms with Crippen molar-refractivity contribution in [3.05, 3.63) is 53.6 Å². The summed E-state index contributed by atoms with van der Waals surface area (Å²) in [5.74, 6) is 1.61. The lowest BCUT2D eigenvalue weighted by molar-refractivity contribution is 0.182. The fraction of sp³-hybridized carbons (Fsp3) is 0.429. The lowest BCUT2D eigenvalue weighted by atomic mass is 10.0. The van der Waals surface area contributed by atoms with Crippen molar-refractivity contribution >= 4 is 0 Å². The van der Waals surface area contributed by atoms with E-state index in [2.05, 4.69) is 22.3 Å². The Bertz CT molecular complexity index is 720. The summed E-state index contributed by atoms with van der Waals surface area (Å²) in [4.78, 5) is 2.49. The average Bonchev–Trinajstić information content (AvgIpc) is 2.68. The summed E-state index contributed by atoms with van der Waals surface area (Å²) in [6.45, 7) is 3.88. The molecule has 26 heavy (non-hydrogen) atoms. The van der Waals surface area contributed by atoms with Gasteiger partial charge in [0, 0.05) is 25.7 Å². The molecule has 1 atom stereocenters. The third kappa shape index (κ3) is 4.90. The molecule has 5 heteroatoms. The Hall–Kier alpha value is -2.24. The maximum absolute atomic E-state index is 9.70. The van der Waals surface area contributed by atoms with Gasteiger partial charge in [-0.05, 0) is 54.8 Å². The van der Waals surface area contributed by atoms with Crippen LogP contribution in [0.25, 0.3) is 0 Å². The van der Waals surface area contributed by atoms with Gasteiger partial charge in [-0.3, -0.25) is 4.90 Å². The molecule has 1 saturated heterocycles. The van der Waals surface area contributed by atoms with Gasteiger partial charge in [-0.15, -0.1) is 0 Å². The second-order valence-corrected chi connectivity index (χ2v) is 6.81. The smallest absolute Gasteiger partial charge is 0.160 e. The van der Waals surface area contributed by atoms with Gasteiger partial charge in [-0.2, -0.15) is 0 Å². The van der Waals surface area contributed by atoms with Gasteiger partial charge < -0.3 is 19.9 Å². The highest BCUT2D eigenvalue weighted by atomic mass is 16.5. The summed E-state index contributed by atoms with van der Waals surface area (Å²) in [6, 6.07) is 14.3. The molecule has 5 nitrogen and oxygen atoms in total. The summed E-state index contributed by atoms with van der Waals surface area (Å²) in [7, 11) is 3.28. The molecule has 0 amide bonds. The number of methoxy groups -OCH3 is 2. The van der Waals surface area contributed by atoms with Crippen LogP contribution in [-0.2, 0) is 13.1 Å². The quantitative estimate of drug-likeness (QED) is 0.798. The summed E-state index contributed by atoms with van der Waals surface area (Å²) >= 11 is 0. The minimum Gasteiger partial charge on any atom is -0.504 e. The molecule has 0 aliphatic carbocycles. The maximum Gasteiger partial charge on any atom is 0.160 e. The van der Waals surface area contributed by atoms with E-state index in [4.69, 9.17) is 9.47 Å². The number of likely N-dealkylation sites (tertiary alicyclic amines) is 1. The lowest BCUT2D eigenvalue weighted by Gasteiger charge is -2.33. The van der Waals surface area contributed by atoms with Crippen LogP contribution in [0.1, 0.15) is 24.0 Å². The number of nitrogens with one attached hydrogen (secondary N) is 1. The van der Waals surface area contributed by atoms with Gasteiger partial charge in [-0.25, -0.2) is 0 Å². The van der Waals surface area contributed by atoms with Gasteiger partial charge in [0.2, 0.25) is 0 Å². The van der Waals surface area contributed by atoms with E-state index < -0.39 is 0 Å². The molecule has 1 heterocycles. The SMILES string of the molecule is COc1cccc(CN2CCCC(NCc3ccc(O)c(OC)c3)C2)c1. The first-order chi connectivity index (χ1) is 12.7. The van der Waals surface area contributed by atoms with Gasteiger partial charge in [0.25, 0.3) is 0 Å². The summed E-state index contributed by atoms with van der Waals surface area (Å²) in [5, 5.41) is 13.3. The largest absolute Gasteiger partial charge is 0.504 e. The van der Waals surface area contributed by atoms with Crippen LogP contribution in [0.5, 0.6) is 17.2 Å². The number of rotatable bonds is 7. The Morgan fingerprint density at radius 1 is 1.12 bits per heavy atom. The van der Waals surface area contributed by atoms with Gasteiger partial charge in [0.15, 0.2) is 11.5 Å². The van der Waals surface area contributed by atoms with E-state index in [1.165, 1.54) is 18.4 Å². The molecule has 1 fully saturated rings. The van der Waals surface area contributed by atoms with Crippen molar-refractivity contribution in [2.75, 3.05) is 27.3 Å². The Morgan fingerprint density at radius 2 is 2.00 bits per heavy atom. The van der Waals surface area contributed by atoms with Gasteiger partial charge in [0.05, 0.1) is 14.2 Å². The molecule has 0 spiro atoms. The molecule has 3 rings (SSSR count). The standard InChI is InChI=1S/C21H28N2O3/c1-25-19-7-3-5-17(11-19)14-23-10-4-6-18(15-23)22-13-16-8-9-20(24)21(12-16)26-2/h3,5,7-9,11-12,18,22,24H,4,6,10,13-15H2,1-2H3. The van der Waals surface area contributed by atoms with Crippen LogP contribution in [0.2, 0.25) is 0 Å². The maximum atomic E-state index is 9.70. The average molecular weight is 356 g/mol. The third-order valence-corrected chi connectivity index (χ3v) is 4.88. The number of hydrogen-bond donors (Lipinski definition) is 2. The Morgan fingerprint density at radius 3 is 2.81 bits per heavy atom. The van der Waals surface area contributed by atoms with Crippen molar-refractivity contribution in [3.63, 3.8) is 0 Å². The van der Waals surface area contributed by atoms with E-state index in [1.54, 1.807) is 20.3 Å². The highest BCUT2D eigenvalue weighted by molar-refractivity contribution is 5.41. The zero-order valence-corrected chi connectivity index (χ0v) is 15.6. The van der Waals surface area contributed by atoms with Crippen LogP contribution in [0.3, 0.4) is 0 Å². The molecule has 0 bridgehead atoms. The van der Waals surface area contributed by atoms with Crippen molar-refractivity contribution in [2.45, 2.75) is 32.0 Å².